The van der Waals surface area contributed by atoms with Crippen LogP contribution >= 0.6 is 23.4 Å². The van der Waals surface area contributed by atoms with Crippen molar-refractivity contribution in [2.24, 2.45) is 0 Å². The number of carbonyl (C=O) groups is 1. The maximum Gasteiger partial charge on any atom is 0.234 e. The number of thioether (sulfide) groups is 1. The van der Waals surface area contributed by atoms with Crippen molar-refractivity contribution in [3.05, 3.63) is 70.5 Å². The average Bonchev–Trinajstić information content (AvgIpc) is 2.82. The number of nitrogens with zero attached hydrogens (tertiary/aromatic N) is 4. The minimum absolute atomic E-state index is 0.102. The number of halogens is 2. The van der Waals surface area contributed by atoms with Crippen LogP contribution < -0.4 is 15.1 Å². The molecule has 0 saturated carbocycles. The predicted octanol–water partition coefficient (Wildman–Crippen LogP) is 4.94. The summed E-state index contributed by atoms with van der Waals surface area (Å²) in [6.07, 6.45) is 0. The second kappa shape index (κ2) is 10.4. The molecule has 0 spiro atoms. The number of hydrogen-bond donors (Lipinski definition) is 1. The number of anilines is 3. The summed E-state index contributed by atoms with van der Waals surface area (Å²) in [5.41, 5.74) is 3.96. The number of aromatic nitrogens is 2. The molecular weight excluding hydrogens is 461 g/mol. The summed E-state index contributed by atoms with van der Waals surface area (Å²) in [5, 5.41) is 12.1. The second-order valence-electron chi connectivity index (χ2n) is 7.95. The van der Waals surface area contributed by atoms with Crippen molar-refractivity contribution in [1.29, 1.82) is 0 Å². The highest BCUT2D eigenvalue weighted by atomic mass is 35.5. The van der Waals surface area contributed by atoms with E-state index in [-0.39, 0.29) is 22.4 Å². The SMILES string of the molecule is Cc1ccc(C)c(N2CCN(c3ccc(SCC(=O)Nc4ccc(Cl)cc4F)nn3)CC2)c1. The molecule has 1 aromatic heterocycles. The predicted molar refractivity (Wildman–Crippen MR) is 133 cm³/mol. The number of benzene rings is 2. The van der Waals surface area contributed by atoms with Crippen LogP contribution in [0.5, 0.6) is 0 Å². The van der Waals surface area contributed by atoms with Gasteiger partial charge in [-0.2, -0.15) is 0 Å². The van der Waals surface area contributed by atoms with Crippen molar-refractivity contribution in [3.63, 3.8) is 0 Å². The first-order valence-corrected chi connectivity index (χ1v) is 12.0. The molecule has 172 valence electrons. The van der Waals surface area contributed by atoms with Gasteiger partial charge in [0.25, 0.3) is 0 Å². The number of amides is 1. The van der Waals surface area contributed by atoms with Crippen molar-refractivity contribution >= 4 is 46.5 Å². The van der Waals surface area contributed by atoms with Gasteiger partial charge in [-0.3, -0.25) is 4.79 Å². The highest BCUT2D eigenvalue weighted by molar-refractivity contribution is 7.99. The molecule has 0 atom stereocenters. The molecule has 2 heterocycles. The van der Waals surface area contributed by atoms with E-state index in [0.717, 1.165) is 38.1 Å². The van der Waals surface area contributed by atoms with Crippen LogP contribution in [-0.4, -0.2) is 48.0 Å². The van der Waals surface area contributed by atoms with Crippen LogP contribution in [-0.2, 0) is 4.79 Å². The van der Waals surface area contributed by atoms with E-state index in [1.54, 1.807) is 0 Å². The third-order valence-corrected chi connectivity index (χ3v) is 6.65. The third kappa shape index (κ3) is 5.94. The summed E-state index contributed by atoms with van der Waals surface area (Å²) in [6.45, 7) is 7.84. The first kappa shape index (κ1) is 23.3. The summed E-state index contributed by atoms with van der Waals surface area (Å²) < 4.78 is 13.8. The zero-order valence-electron chi connectivity index (χ0n) is 18.5. The number of hydrogen-bond acceptors (Lipinski definition) is 6. The second-order valence-corrected chi connectivity index (χ2v) is 9.39. The maximum absolute atomic E-state index is 13.8. The number of nitrogens with one attached hydrogen (secondary N) is 1. The largest absolute Gasteiger partial charge is 0.368 e. The van der Waals surface area contributed by atoms with Gasteiger partial charge in [0, 0.05) is 36.9 Å². The average molecular weight is 486 g/mol. The molecule has 1 aliphatic heterocycles. The fraction of sp³-hybridized carbons (Fsp3) is 0.292. The minimum atomic E-state index is -0.567. The summed E-state index contributed by atoms with van der Waals surface area (Å²) in [4.78, 5) is 16.8. The van der Waals surface area contributed by atoms with Crippen LogP contribution in [0.1, 0.15) is 11.1 Å². The summed E-state index contributed by atoms with van der Waals surface area (Å²) in [6, 6.07) is 14.5. The van der Waals surface area contributed by atoms with Gasteiger partial charge < -0.3 is 15.1 Å². The first-order valence-electron chi connectivity index (χ1n) is 10.7. The van der Waals surface area contributed by atoms with E-state index < -0.39 is 5.82 Å². The van der Waals surface area contributed by atoms with Gasteiger partial charge in [-0.25, -0.2) is 4.39 Å². The van der Waals surface area contributed by atoms with Gasteiger partial charge >= 0.3 is 0 Å². The van der Waals surface area contributed by atoms with Crippen molar-refractivity contribution in [1.82, 2.24) is 10.2 Å². The number of carbonyl (C=O) groups excluding carboxylic acids is 1. The zero-order chi connectivity index (χ0) is 23.4. The fourth-order valence-corrected chi connectivity index (χ4v) is 4.48. The molecule has 3 aromatic rings. The fourth-order valence-electron chi connectivity index (χ4n) is 3.71. The maximum atomic E-state index is 13.8. The van der Waals surface area contributed by atoms with Gasteiger partial charge in [-0.05, 0) is 61.4 Å². The summed E-state index contributed by atoms with van der Waals surface area (Å²) in [7, 11) is 0. The Morgan fingerprint density at radius 2 is 1.79 bits per heavy atom. The minimum Gasteiger partial charge on any atom is -0.368 e. The molecule has 1 N–H and O–H groups in total. The van der Waals surface area contributed by atoms with Crippen LogP contribution in [0.25, 0.3) is 0 Å². The monoisotopic (exact) mass is 485 g/mol. The lowest BCUT2D eigenvalue weighted by molar-refractivity contribution is -0.113. The molecular formula is C24H25ClFN5OS. The zero-order valence-corrected chi connectivity index (χ0v) is 20.1. The molecule has 1 fully saturated rings. The van der Waals surface area contributed by atoms with Crippen LogP contribution in [0.3, 0.4) is 0 Å². The van der Waals surface area contributed by atoms with Gasteiger partial charge in [-0.1, -0.05) is 35.5 Å². The molecule has 0 radical (unpaired) electrons. The first-order chi connectivity index (χ1) is 15.9. The van der Waals surface area contributed by atoms with Gasteiger partial charge in [0.2, 0.25) is 5.91 Å². The van der Waals surface area contributed by atoms with Crippen molar-refractivity contribution in [2.45, 2.75) is 18.9 Å². The Morgan fingerprint density at radius 3 is 2.48 bits per heavy atom. The number of rotatable bonds is 6. The molecule has 0 bridgehead atoms. The Kier molecular flexibility index (Phi) is 7.35. The van der Waals surface area contributed by atoms with E-state index in [1.807, 2.05) is 12.1 Å². The highest BCUT2D eigenvalue weighted by Crippen LogP contribution is 2.25. The quantitative estimate of drug-likeness (QED) is 0.499. The number of aryl methyl sites for hydroxylation is 2. The molecule has 33 heavy (non-hydrogen) atoms. The molecule has 1 saturated heterocycles. The Labute approximate surface area is 202 Å². The topological polar surface area (TPSA) is 61.4 Å². The number of piperazine rings is 1. The van der Waals surface area contributed by atoms with Gasteiger partial charge in [0.1, 0.15) is 10.8 Å². The molecule has 6 nitrogen and oxygen atoms in total. The highest BCUT2D eigenvalue weighted by Gasteiger charge is 2.20. The molecule has 1 aliphatic rings. The van der Waals surface area contributed by atoms with E-state index >= 15 is 0 Å². The van der Waals surface area contributed by atoms with E-state index in [9.17, 15) is 9.18 Å². The lowest BCUT2D eigenvalue weighted by Gasteiger charge is -2.37. The third-order valence-electron chi connectivity index (χ3n) is 5.49. The lowest BCUT2D eigenvalue weighted by Crippen LogP contribution is -2.47. The van der Waals surface area contributed by atoms with Crippen LogP contribution in [0.2, 0.25) is 5.02 Å². The van der Waals surface area contributed by atoms with E-state index in [1.165, 1.54) is 40.7 Å². The Hall–Kier alpha value is -2.84. The molecule has 0 aliphatic carbocycles. The standard InChI is InChI=1S/C24H25ClFN5OS/c1-16-3-4-17(2)21(13-16)30-9-11-31(12-10-30)22-7-8-24(29-28-22)33-15-23(32)27-20-6-5-18(25)14-19(20)26/h3-8,13-14H,9-12,15H2,1-2H3,(H,27,32). The van der Waals surface area contributed by atoms with Crippen molar-refractivity contribution < 1.29 is 9.18 Å². The normalized spacial score (nSPS) is 13.8. The summed E-state index contributed by atoms with van der Waals surface area (Å²) >= 11 is 6.98. The van der Waals surface area contributed by atoms with Gasteiger partial charge in [0.15, 0.2) is 5.82 Å². The van der Waals surface area contributed by atoms with Gasteiger partial charge in [-0.15, -0.1) is 10.2 Å². The van der Waals surface area contributed by atoms with Crippen LogP contribution in [0.15, 0.2) is 53.6 Å². The summed E-state index contributed by atoms with van der Waals surface area (Å²) in [5.74, 6) is 0.0369. The van der Waals surface area contributed by atoms with Crippen molar-refractivity contribution in [2.75, 3.05) is 47.0 Å². The van der Waals surface area contributed by atoms with Crippen molar-refractivity contribution in [3.8, 4) is 0 Å². The molecule has 4 rings (SSSR count). The van der Waals surface area contributed by atoms with Crippen LogP contribution in [0, 0.1) is 19.7 Å². The Balaban J connectivity index is 1.28. The van der Waals surface area contributed by atoms with E-state index in [0.29, 0.717) is 5.03 Å². The Morgan fingerprint density at radius 1 is 1.03 bits per heavy atom. The molecule has 9 heteroatoms. The Bertz CT molecular complexity index is 1140. The smallest absolute Gasteiger partial charge is 0.234 e. The van der Waals surface area contributed by atoms with E-state index in [2.05, 4.69) is 57.4 Å². The lowest BCUT2D eigenvalue weighted by atomic mass is 10.1. The van der Waals surface area contributed by atoms with Crippen LogP contribution in [0.4, 0.5) is 21.6 Å². The van der Waals surface area contributed by atoms with Gasteiger partial charge in [0.05, 0.1) is 11.4 Å². The molecule has 0 unspecified atom stereocenters. The van der Waals surface area contributed by atoms with E-state index in [4.69, 9.17) is 11.6 Å². The molecule has 1 amide bonds. The molecule has 2 aromatic carbocycles.